The van der Waals surface area contributed by atoms with Gasteiger partial charge in [0.05, 0.1) is 23.5 Å². The Hall–Kier alpha value is -4.56. The van der Waals surface area contributed by atoms with Gasteiger partial charge in [-0.2, -0.15) is 0 Å². The zero-order chi connectivity index (χ0) is 25.4. The van der Waals surface area contributed by atoms with Crippen molar-refractivity contribution < 1.29 is 13.9 Å². The SMILES string of the molecule is CCOc1cccc2sc(N(Cc3ccccn3)C(=O)c3cc4c(ccc5ccccc54)oc3=O)nc12. The van der Waals surface area contributed by atoms with E-state index in [1.54, 1.807) is 18.3 Å². The van der Waals surface area contributed by atoms with Crippen LogP contribution in [0.4, 0.5) is 5.13 Å². The summed E-state index contributed by atoms with van der Waals surface area (Å²) in [6.45, 7) is 2.54. The maximum absolute atomic E-state index is 14.0. The molecule has 0 N–H and O–H groups in total. The van der Waals surface area contributed by atoms with Gasteiger partial charge in [0.15, 0.2) is 5.13 Å². The lowest BCUT2D eigenvalue weighted by Gasteiger charge is -2.19. The number of rotatable bonds is 6. The summed E-state index contributed by atoms with van der Waals surface area (Å²) in [7, 11) is 0. The minimum atomic E-state index is -0.699. The number of ether oxygens (including phenoxy) is 1. The fourth-order valence-corrected chi connectivity index (χ4v) is 5.33. The van der Waals surface area contributed by atoms with E-state index in [2.05, 4.69) is 4.98 Å². The maximum atomic E-state index is 14.0. The molecular weight excluding hydrogens is 486 g/mol. The fraction of sp³-hybridized carbons (Fsp3) is 0.103. The molecule has 0 saturated heterocycles. The van der Waals surface area contributed by atoms with Crippen LogP contribution in [0.3, 0.4) is 0 Å². The number of anilines is 1. The quantitative estimate of drug-likeness (QED) is 0.197. The number of benzene rings is 3. The summed E-state index contributed by atoms with van der Waals surface area (Å²) in [5, 5.41) is 3.02. The first-order valence-corrected chi connectivity index (χ1v) is 12.6. The van der Waals surface area contributed by atoms with Gasteiger partial charge in [-0.1, -0.05) is 53.8 Å². The number of thiazole rings is 1. The molecule has 1 amide bonds. The van der Waals surface area contributed by atoms with Crippen molar-refractivity contribution in [2.45, 2.75) is 13.5 Å². The topological polar surface area (TPSA) is 85.5 Å². The minimum absolute atomic E-state index is 0.0657. The molecule has 3 heterocycles. The van der Waals surface area contributed by atoms with Gasteiger partial charge in [-0.25, -0.2) is 9.78 Å². The van der Waals surface area contributed by atoms with E-state index in [1.807, 2.05) is 73.7 Å². The van der Waals surface area contributed by atoms with Crippen LogP contribution in [0.2, 0.25) is 0 Å². The van der Waals surface area contributed by atoms with Gasteiger partial charge in [-0.15, -0.1) is 0 Å². The molecule has 0 spiro atoms. The number of hydrogen-bond donors (Lipinski definition) is 0. The predicted molar refractivity (Wildman–Crippen MR) is 146 cm³/mol. The molecule has 182 valence electrons. The molecule has 0 aliphatic carbocycles. The Kier molecular flexibility index (Phi) is 5.86. The molecule has 6 rings (SSSR count). The molecule has 8 heteroatoms. The first-order valence-electron chi connectivity index (χ1n) is 11.8. The van der Waals surface area contributed by atoms with E-state index in [4.69, 9.17) is 14.1 Å². The molecule has 0 bridgehead atoms. The van der Waals surface area contributed by atoms with Crippen molar-refractivity contribution in [2.24, 2.45) is 0 Å². The van der Waals surface area contributed by atoms with Gasteiger partial charge in [0.2, 0.25) is 0 Å². The van der Waals surface area contributed by atoms with Crippen LogP contribution in [0, 0.1) is 0 Å². The van der Waals surface area contributed by atoms with Crippen molar-refractivity contribution in [3.05, 3.63) is 107 Å². The molecule has 0 unspecified atom stereocenters. The van der Waals surface area contributed by atoms with E-state index in [1.165, 1.54) is 16.2 Å². The Bertz CT molecular complexity index is 1830. The number of pyridine rings is 1. The van der Waals surface area contributed by atoms with Gasteiger partial charge in [0.25, 0.3) is 5.91 Å². The average molecular weight is 508 g/mol. The zero-order valence-electron chi connectivity index (χ0n) is 19.9. The first kappa shape index (κ1) is 22.9. The highest BCUT2D eigenvalue weighted by Crippen LogP contribution is 2.35. The molecule has 37 heavy (non-hydrogen) atoms. The van der Waals surface area contributed by atoms with Crippen LogP contribution in [0.15, 0.2) is 94.3 Å². The van der Waals surface area contributed by atoms with Gasteiger partial charge in [-0.05, 0) is 54.1 Å². The molecule has 3 aromatic heterocycles. The lowest BCUT2D eigenvalue weighted by atomic mass is 10.0. The van der Waals surface area contributed by atoms with E-state index in [-0.39, 0.29) is 12.1 Å². The van der Waals surface area contributed by atoms with Gasteiger partial charge >= 0.3 is 5.63 Å². The van der Waals surface area contributed by atoms with Crippen molar-refractivity contribution in [2.75, 3.05) is 11.5 Å². The standard InChI is InChI=1S/C29H21N3O4S/c1-2-35-24-11-7-12-25-26(24)31-29(37-25)32(17-19-9-5-6-15-30-19)27(33)22-16-21-20-10-4-3-8-18(20)13-14-23(21)36-28(22)34/h3-16H,2,17H2,1H3. The van der Waals surface area contributed by atoms with Crippen molar-refractivity contribution in [1.29, 1.82) is 0 Å². The third kappa shape index (κ3) is 4.21. The molecule has 0 radical (unpaired) electrons. The number of aromatic nitrogens is 2. The van der Waals surface area contributed by atoms with Crippen LogP contribution in [0.5, 0.6) is 5.75 Å². The normalized spacial score (nSPS) is 11.3. The second-order valence-corrected chi connectivity index (χ2v) is 9.40. The van der Waals surface area contributed by atoms with E-state index >= 15 is 0 Å². The summed E-state index contributed by atoms with van der Waals surface area (Å²) >= 11 is 1.35. The van der Waals surface area contributed by atoms with Crippen LogP contribution < -0.4 is 15.3 Å². The third-order valence-electron chi connectivity index (χ3n) is 6.07. The number of carbonyl (C=O) groups is 1. The minimum Gasteiger partial charge on any atom is -0.492 e. The number of para-hydroxylation sites is 1. The highest BCUT2D eigenvalue weighted by molar-refractivity contribution is 7.22. The maximum Gasteiger partial charge on any atom is 0.349 e. The Morgan fingerprint density at radius 2 is 1.86 bits per heavy atom. The van der Waals surface area contributed by atoms with Crippen LogP contribution >= 0.6 is 11.3 Å². The summed E-state index contributed by atoms with van der Waals surface area (Å²) in [6, 6.07) is 24.2. The molecule has 0 aliphatic heterocycles. The molecular formula is C29H21N3O4S. The van der Waals surface area contributed by atoms with Gasteiger partial charge in [0.1, 0.15) is 22.4 Å². The van der Waals surface area contributed by atoms with Gasteiger partial charge < -0.3 is 9.15 Å². The summed E-state index contributed by atoms with van der Waals surface area (Å²) in [6.07, 6.45) is 1.67. The highest BCUT2D eigenvalue weighted by atomic mass is 32.1. The van der Waals surface area contributed by atoms with Crippen molar-refractivity contribution in [3.63, 3.8) is 0 Å². The van der Waals surface area contributed by atoms with Crippen LogP contribution in [0.1, 0.15) is 23.0 Å². The molecule has 0 fully saturated rings. The van der Waals surface area contributed by atoms with E-state index in [0.29, 0.717) is 39.7 Å². The number of amides is 1. The fourth-order valence-electron chi connectivity index (χ4n) is 4.34. The second-order valence-electron chi connectivity index (χ2n) is 8.39. The van der Waals surface area contributed by atoms with Crippen LogP contribution in [-0.4, -0.2) is 22.5 Å². The van der Waals surface area contributed by atoms with E-state index in [9.17, 15) is 9.59 Å². The van der Waals surface area contributed by atoms with Crippen molar-refractivity contribution in [3.8, 4) is 5.75 Å². The number of carbonyl (C=O) groups excluding carboxylic acids is 1. The highest BCUT2D eigenvalue weighted by Gasteiger charge is 2.26. The summed E-state index contributed by atoms with van der Waals surface area (Å²) in [5.41, 5.74) is 0.993. The first-order chi connectivity index (χ1) is 18.1. The third-order valence-corrected chi connectivity index (χ3v) is 7.11. The van der Waals surface area contributed by atoms with Crippen LogP contribution in [-0.2, 0) is 6.54 Å². The summed E-state index contributed by atoms with van der Waals surface area (Å²) in [4.78, 5) is 37.7. The molecule has 0 atom stereocenters. The molecule has 0 saturated carbocycles. The molecule has 6 aromatic rings. The number of fused-ring (bicyclic) bond motifs is 4. The Balaban J connectivity index is 1.51. The second kappa shape index (κ2) is 9.48. The molecule has 3 aromatic carbocycles. The molecule has 0 aliphatic rings. The number of hydrogen-bond acceptors (Lipinski definition) is 7. The van der Waals surface area contributed by atoms with Crippen molar-refractivity contribution >= 4 is 54.3 Å². The smallest absolute Gasteiger partial charge is 0.349 e. The average Bonchev–Trinajstić information content (AvgIpc) is 3.37. The Labute approximate surface area is 215 Å². The van der Waals surface area contributed by atoms with Gasteiger partial charge in [0, 0.05) is 11.6 Å². The summed E-state index contributed by atoms with van der Waals surface area (Å²) in [5.74, 6) is 0.135. The van der Waals surface area contributed by atoms with E-state index < -0.39 is 11.5 Å². The Morgan fingerprint density at radius 3 is 2.70 bits per heavy atom. The van der Waals surface area contributed by atoms with Crippen LogP contribution in [0.25, 0.3) is 32.0 Å². The van der Waals surface area contributed by atoms with E-state index in [0.717, 1.165) is 15.5 Å². The zero-order valence-corrected chi connectivity index (χ0v) is 20.7. The van der Waals surface area contributed by atoms with Crippen molar-refractivity contribution in [1.82, 2.24) is 9.97 Å². The predicted octanol–water partition coefficient (Wildman–Crippen LogP) is 6.20. The summed E-state index contributed by atoms with van der Waals surface area (Å²) < 4.78 is 12.2. The largest absolute Gasteiger partial charge is 0.492 e. The lowest BCUT2D eigenvalue weighted by molar-refractivity contribution is 0.0981. The number of nitrogens with zero attached hydrogens (tertiary/aromatic N) is 3. The lowest BCUT2D eigenvalue weighted by Crippen LogP contribution is -2.34. The van der Waals surface area contributed by atoms with Gasteiger partial charge in [-0.3, -0.25) is 14.7 Å². The molecule has 7 nitrogen and oxygen atoms in total. The monoisotopic (exact) mass is 507 g/mol. The Morgan fingerprint density at radius 1 is 1.00 bits per heavy atom.